The minimum atomic E-state index is 0.0735. The number of rotatable bonds is 3. The molecule has 6 nitrogen and oxygen atoms in total. The summed E-state index contributed by atoms with van der Waals surface area (Å²) in [5.41, 5.74) is 3.50. The van der Waals surface area contributed by atoms with Gasteiger partial charge in [-0.2, -0.15) is 0 Å². The Hall–Kier alpha value is -1.95. The van der Waals surface area contributed by atoms with Crippen molar-refractivity contribution in [3.8, 4) is 0 Å². The van der Waals surface area contributed by atoms with Crippen LogP contribution in [-0.4, -0.2) is 37.5 Å². The molecular formula is C19H25N5O. The number of aromatic amines is 1. The lowest BCUT2D eigenvalue weighted by Gasteiger charge is -2.40. The third kappa shape index (κ3) is 2.54. The third-order valence-corrected chi connectivity index (χ3v) is 6.31. The van der Waals surface area contributed by atoms with Crippen molar-refractivity contribution in [1.29, 1.82) is 0 Å². The Morgan fingerprint density at radius 2 is 2.24 bits per heavy atom. The number of hydrogen-bond donors (Lipinski definition) is 1. The molecule has 1 saturated carbocycles. The molecule has 0 bridgehead atoms. The van der Waals surface area contributed by atoms with Crippen molar-refractivity contribution in [2.75, 3.05) is 13.1 Å². The Morgan fingerprint density at radius 1 is 1.36 bits per heavy atom. The van der Waals surface area contributed by atoms with Crippen LogP contribution in [-0.2, 0) is 25.4 Å². The van der Waals surface area contributed by atoms with Crippen molar-refractivity contribution in [2.24, 2.45) is 7.05 Å². The highest BCUT2D eigenvalue weighted by Gasteiger charge is 2.45. The van der Waals surface area contributed by atoms with Crippen molar-refractivity contribution in [1.82, 2.24) is 24.4 Å². The monoisotopic (exact) mass is 339 g/mol. The van der Waals surface area contributed by atoms with E-state index in [0.29, 0.717) is 5.92 Å². The van der Waals surface area contributed by atoms with Crippen LogP contribution in [0.25, 0.3) is 0 Å². The first kappa shape index (κ1) is 15.3. The molecule has 2 aromatic heterocycles. The van der Waals surface area contributed by atoms with Gasteiger partial charge in [0.2, 0.25) is 0 Å². The number of likely N-dealkylation sites (tertiary alicyclic amines) is 1. The smallest absolute Gasteiger partial charge is 0.254 e. The van der Waals surface area contributed by atoms with E-state index >= 15 is 0 Å². The quantitative estimate of drug-likeness (QED) is 0.927. The molecule has 132 valence electrons. The summed E-state index contributed by atoms with van der Waals surface area (Å²) in [6, 6.07) is 0. The van der Waals surface area contributed by atoms with Crippen LogP contribution in [0.2, 0.25) is 0 Å². The second-order valence-electron chi connectivity index (χ2n) is 8.14. The molecule has 2 aromatic rings. The summed E-state index contributed by atoms with van der Waals surface area (Å²) < 4.78 is 2.10. The summed E-state index contributed by atoms with van der Waals surface area (Å²) in [4.78, 5) is 27.4. The molecule has 1 N–H and O–H groups in total. The van der Waals surface area contributed by atoms with E-state index in [1.807, 2.05) is 12.5 Å². The maximum atomic E-state index is 12.6. The van der Waals surface area contributed by atoms with E-state index in [1.165, 1.54) is 25.0 Å². The number of nitrogens with one attached hydrogen (secondary N) is 1. The van der Waals surface area contributed by atoms with E-state index in [1.54, 1.807) is 0 Å². The number of nitrogens with zero attached hydrogens (tertiary/aromatic N) is 4. The molecule has 5 rings (SSSR count). The highest BCUT2D eigenvalue weighted by molar-refractivity contribution is 5.34. The zero-order valence-electron chi connectivity index (χ0n) is 14.8. The van der Waals surface area contributed by atoms with Gasteiger partial charge in [0.25, 0.3) is 5.56 Å². The van der Waals surface area contributed by atoms with Crippen molar-refractivity contribution in [2.45, 2.75) is 56.4 Å². The highest BCUT2D eigenvalue weighted by Crippen LogP contribution is 2.45. The van der Waals surface area contributed by atoms with Crippen LogP contribution in [0.3, 0.4) is 0 Å². The van der Waals surface area contributed by atoms with E-state index in [0.717, 1.165) is 56.0 Å². The van der Waals surface area contributed by atoms with Crippen LogP contribution < -0.4 is 5.56 Å². The van der Waals surface area contributed by atoms with Crippen molar-refractivity contribution in [3.63, 3.8) is 0 Å². The summed E-state index contributed by atoms with van der Waals surface area (Å²) in [5, 5.41) is 0. The third-order valence-electron chi connectivity index (χ3n) is 6.31. The topological polar surface area (TPSA) is 66.8 Å². The Labute approximate surface area is 147 Å². The van der Waals surface area contributed by atoms with Crippen LogP contribution in [0.15, 0.2) is 17.3 Å². The zero-order valence-corrected chi connectivity index (χ0v) is 14.8. The lowest BCUT2D eigenvalue weighted by Crippen LogP contribution is -2.45. The lowest BCUT2D eigenvalue weighted by atomic mass is 9.77. The molecule has 6 heteroatoms. The van der Waals surface area contributed by atoms with Crippen LogP contribution in [0.5, 0.6) is 0 Å². The minimum absolute atomic E-state index is 0.0735. The summed E-state index contributed by atoms with van der Waals surface area (Å²) in [6.07, 6.45) is 10.4. The Bertz CT molecular complexity index is 865. The molecule has 2 aliphatic carbocycles. The number of hydrogen-bond acceptors (Lipinski definition) is 4. The van der Waals surface area contributed by atoms with Gasteiger partial charge in [-0.3, -0.25) is 9.69 Å². The molecule has 0 amide bonds. The number of piperidine rings is 1. The molecule has 25 heavy (non-hydrogen) atoms. The molecular weight excluding hydrogens is 314 g/mol. The van der Waals surface area contributed by atoms with Crippen LogP contribution >= 0.6 is 0 Å². The molecule has 1 aliphatic heterocycles. The normalized spacial score (nSPS) is 26.3. The fourth-order valence-electron chi connectivity index (χ4n) is 4.74. The van der Waals surface area contributed by atoms with Gasteiger partial charge in [-0.05, 0) is 45.1 Å². The first-order valence-corrected chi connectivity index (χ1v) is 9.46. The largest absolute Gasteiger partial charge is 0.337 e. The Kier molecular flexibility index (Phi) is 3.39. The van der Waals surface area contributed by atoms with Gasteiger partial charge < -0.3 is 9.55 Å². The fraction of sp³-hybridized carbons (Fsp3) is 0.632. The number of aryl methyl sites for hydroxylation is 1. The maximum absolute atomic E-state index is 12.6. The fourth-order valence-corrected chi connectivity index (χ4v) is 4.74. The average Bonchev–Trinajstić information content (AvgIpc) is 3.30. The number of H-pyrrole nitrogens is 1. The van der Waals surface area contributed by atoms with Gasteiger partial charge in [-0.15, -0.1) is 0 Å². The second kappa shape index (κ2) is 5.53. The summed E-state index contributed by atoms with van der Waals surface area (Å²) in [6.45, 7) is 3.04. The number of imidazole rings is 1. The molecule has 1 unspecified atom stereocenters. The first-order chi connectivity index (χ1) is 12.1. The predicted molar refractivity (Wildman–Crippen MR) is 94.6 cm³/mol. The Balaban J connectivity index is 1.46. The summed E-state index contributed by atoms with van der Waals surface area (Å²) >= 11 is 0. The molecule has 1 atom stereocenters. The molecule has 3 heterocycles. The van der Waals surface area contributed by atoms with Crippen LogP contribution in [0, 0.1) is 0 Å². The Morgan fingerprint density at radius 3 is 3.00 bits per heavy atom. The van der Waals surface area contributed by atoms with E-state index in [2.05, 4.69) is 26.5 Å². The number of fused-ring (bicyclic) bond motifs is 2. The maximum Gasteiger partial charge on any atom is 0.254 e. The van der Waals surface area contributed by atoms with Gasteiger partial charge in [0.05, 0.1) is 17.7 Å². The molecule has 0 radical (unpaired) electrons. The first-order valence-electron chi connectivity index (χ1n) is 9.46. The van der Waals surface area contributed by atoms with Crippen molar-refractivity contribution < 1.29 is 0 Å². The van der Waals surface area contributed by atoms with Crippen molar-refractivity contribution in [3.05, 3.63) is 45.7 Å². The summed E-state index contributed by atoms with van der Waals surface area (Å²) in [5.74, 6) is 1.43. The van der Waals surface area contributed by atoms with Crippen LogP contribution in [0.4, 0.5) is 0 Å². The minimum Gasteiger partial charge on any atom is -0.337 e. The zero-order chi connectivity index (χ0) is 17.0. The van der Waals surface area contributed by atoms with Gasteiger partial charge in [0.1, 0.15) is 5.82 Å². The second-order valence-corrected chi connectivity index (χ2v) is 8.14. The molecule has 1 saturated heterocycles. The number of aromatic nitrogens is 4. The van der Waals surface area contributed by atoms with Gasteiger partial charge >= 0.3 is 0 Å². The van der Waals surface area contributed by atoms with E-state index in [9.17, 15) is 4.79 Å². The van der Waals surface area contributed by atoms with E-state index in [4.69, 9.17) is 4.98 Å². The van der Waals surface area contributed by atoms with Crippen molar-refractivity contribution >= 4 is 0 Å². The SMILES string of the molecule is Cn1cncc1CN1CCCC2(CCc3c2nc(C2CC2)[nH]c3=O)C1. The standard InChI is InChI=1S/C19H25N5O/c1-23-12-20-9-14(23)10-24-8-2-6-19(11-24)7-5-15-16(19)21-17(13-3-4-13)22-18(15)25/h9,12-13H,2-8,10-11H2,1H3,(H,21,22,25). The highest BCUT2D eigenvalue weighted by atomic mass is 16.1. The molecule has 0 aromatic carbocycles. The molecule has 2 fully saturated rings. The summed E-state index contributed by atoms with van der Waals surface area (Å²) in [7, 11) is 2.05. The average molecular weight is 339 g/mol. The molecule has 1 spiro atoms. The molecule has 3 aliphatic rings. The van der Waals surface area contributed by atoms with E-state index in [-0.39, 0.29) is 11.0 Å². The van der Waals surface area contributed by atoms with Crippen LogP contribution in [0.1, 0.15) is 60.8 Å². The van der Waals surface area contributed by atoms with E-state index < -0.39 is 0 Å². The van der Waals surface area contributed by atoms with Gasteiger partial charge in [0, 0.05) is 43.2 Å². The lowest BCUT2D eigenvalue weighted by molar-refractivity contribution is 0.134. The predicted octanol–water partition coefficient (Wildman–Crippen LogP) is 1.86. The van der Waals surface area contributed by atoms with Gasteiger partial charge in [-0.1, -0.05) is 0 Å². The van der Waals surface area contributed by atoms with Gasteiger partial charge in [0.15, 0.2) is 0 Å². The van der Waals surface area contributed by atoms with Gasteiger partial charge in [-0.25, -0.2) is 9.97 Å².